The van der Waals surface area contributed by atoms with E-state index in [-0.39, 0.29) is 42.1 Å². The van der Waals surface area contributed by atoms with Crippen molar-refractivity contribution in [3.8, 4) is 0 Å². The Morgan fingerprint density at radius 2 is 2.08 bits per heavy atom. The molecule has 0 saturated heterocycles. The number of benzene rings is 2. The summed E-state index contributed by atoms with van der Waals surface area (Å²) in [5.41, 5.74) is 3.16. The van der Waals surface area contributed by atoms with Gasteiger partial charge in [0.2, 0.25) is 5.95 Å². The Bertz CT molecular complexity index is 1460. The van der Waals surface area contributed by atoms with Crippen LogP contribution in [0.1, 0.15) is 53.0 Å². The van der Waals surface area contributed by atoms with Gasteiger partial charge in [0.15, 0.2) is 11.4 Å². The summed E-state index contributed by atoms with van der Waals surface area (Å²) in [6, 6.07) is 9.95. The summed E-state index contributed by atoms with van der Waals surface area (Å²) >= 11 is 0. The van der Waals surface area contributed by atoms with Crippen LogP contribution in [0, 0.1) is 5.82 Å². The Labute approximate surface area is 211 Å². The van der Waals surface area contributed by atoms with Crippen molar-refractivity contribution in [3.05, 3.63) is 70.8 Å². The number of nitrogens with zero attached hydrogens (tertiary/aromatic N) is 3. The van der Waals surface area contributed by atoms with Crippen molar-refractivity contribution in [2.24, 2.45) is 0 Å². The van der Waals surface area contributed by atoms with Crippen LogP contribution < -0.4 is 16.0 Å². The zero-order valence-electron chi connectivity index (χ0n) is 20.3. The summed E-state index contributed by atoms with van der Waals surface area (Å²) in [5, 5.41) is 33.2. The molecule has 1 aliphatic carbocycles. The molecule has 5 rings (SSSR count). The summed E-state index contributed by atoms with van der Waals surface area (Å²) in [4.78, 5) is 21.4. The van der Waals surface area contributed by atoms with Crippen molar-refractivity contribution >= 4 is 34.3 Å². The minimum absolute atomic E-state index is 0.0442. The summed E-state index contributed by atoms with van der Waals surface area (Å²) in [7, 11) is 0. The van der Waals surface area contributed by atoms with Gasteiger partial charge in [0.25, 0.3) is 5.91 Å². The van der Waals surface area contributed by atoms with Crippen molar-refractivity contribution in [2.45, 2.75) is 38.3 Å². The molecule has 2 aromatic carbocycles. The number of aromatic nitrogens is 3. The second-order valence-corrected chi connectivity index (χ2v) is 9.20. The molecular weight excluding hydrogens is 479 g/mol. The molecule has 2 atom stereocenters. The first kappa shape index (κ1) is 24.6. The maximum Gasteiger partial charge on any atom is 0.256 e. The molecule has 11 heteroatoms. The highest BCUT2D eigenvalue weighted by atomic mass is 19.1. The number of aliphatic hydroxyl groups excluding tert-OH is 2. The number of rotatable bonds is 8. The van der Waals surface area contributed by atoms with Gasteiger partial charge < -0.3 is 30.7 Å². The summed E-state index contributed by atoms with van der Waals surface area (Å²) in [6.45, 7) is 3.75. The summed E-state index contributed by atoms with van der Waals surface area (Å²) in [6.07, 6.45) is 1.03. The van der Waals surface area contributed by atoms with Crippen molar-refractivity contribution in [1.82, 2.24) is 20.4 Å². The third kappa shape index (κ3) is 4.83. The lowest BCUT2D eigenvalue weighted by Gasteiger charge is -2.21. The van der Waals surface area contributed by atoms with Crippen LogP contribution in [0.4, 0.5) is 21.8 Å². The number of fused-ring (bicyclic) bond motifs is 2. The Morgan fingerprint density at radius 3 is 2.86 bits per heavy atom. The average Bonchev–Trinajstić information content (AvgIpc) is 3.43. The quantitative estimate of drug-likeness (QED) is 0.243. The van der Waals surface area contributed by atoms with Crippen molar-refractivity contribution < 1.29 is 23.9 Å². The van der Waals surface area contributed by atoms with E-state index < -0.39 is 23.9 Å². The summed E-state index contributed by atoms with van der Waals surface area (Å²) in [5.74, 6) is -0.806. The molecule has 1 amide bonds. The Morgan fingerprint density at radius 1 is 1.27 bits per heavy atom. The number of hydrogen-bond donors (Lipinski definition) is 5. The fraction of sp³-hybridized carbons (Fsp3) is 0.308. The molecule has 0 fully saturated rings. The van der Waals surface area contributed by atoms with E-state index in [4.69, 9.17) is 9.63 Å². The molecule has 0 unspecified atom stereocenters. The fourth-order valence-electron chi connectivity index (χ4n) is 4.49. The number of hydrogen-bond acceptors (Lipinski definition) is 9. The zero-order valence-corrected chi connectivity index (χ0v) is 20.3. The SMILES string of the molecule is CC(C)c1noc2cc(F)c(Nc3ncc(C(=O)NCCO)c(N[C@H]4c5ccccc5C[C@H]4O)n3)cc12. The highest BCUT2D eigenvalue weighted by Gasteiger charge is 2.32. The molecule has 5 N–H and O–H groups in total. The van der Waals surface area contributed by atoms with Crippen molar-refractivity contribution in [3.63, 3.8) is 0 Å². The lowest BCUT2D eigenvalue weighted by Crippen LogP contribution is -2.29. The molecule has 0 aliphatic heterocycles. The Hall–Kier alpha value is -4.09. The van der Waals surface area contributed by atoms with Crippen molar-refractivity contribution in [2.75, 3.05) is 23.8 Å². The highest BCUT2D eigenvalue weighted by Crippen LogP contribution is 2.35. The number of nitrogens with one attached hydrogen (secondary N) is 3. The van der Waals surface area contributed by atoms with Gasteiger partial charge in [0.1, 0.15) is 11.4 Å². The van der Waals surface area contributed by atoms with Crippen LogP contribution in [-0.2, 0) is 6.42 Å². The van der Waals surface area contributed by atoms with E-state index in [2.05, 4.69) is 31.1 Å². The van der Waals surface area contributed by atoms with Gasteiger partial charge in [-0.25, -0.2) is 9.37 Å². The molecule has 4 aromatic rings. The topological polar surface area (TPSA) is 145 Å². The van der Waals surface area contributed by atoms with Gasteiger partial charge in [-0.05, 0) is 23.1 Å². The molecule has 2 aromatic heterocycles. The molecule has 0 bridgehead atoms. The molecule has 10 nitrogen and oxygen atoms in total. The Balaban J connectivity index is 1.50. The van der Waals surface area contributed by atoms with Crippen LogP contribution in [0.5, 0.6) is 0 Å². The first-order valence-corrected chi connectivity index (χ1v) is 12.0. The van der Waals surface area contributed by atoms with Gasteiger partial charge in [-0.1, -0.05) is 43.3 Å². The molecule has 37 heavy (non-hydrogen) atoms. The maximum atomic E-state index is 14.9. The molecule has 0 saturated carbocycles. The van der Waals surface area contributed by atoms with Gasteiger partial charge in [0, 0.05) is 30.6 Å². The molecule has 0 radical (unpaired) electrons. The largest absolute Gasteiger partial charge is 0.395 e. The lowest BCUT2D eigenvalue weighted by molar-refractivity contribution is 0.0944. The predicted molar refractivity (Wildman–Crippen MR) is 135 cm³/mol. The molecule has 1 aliphatic rings. The van der Waals surface area contributed by atoms with Gasteiger partial charge in [0.05, 0.1) is 30.1 Å². The van der Waals surface area contributed by atoms with E-state index in [1.807, 2.05) is 38.1 Å². The monoisotopic (exact) mass is 506 g/mol. The van der Waals surface area contributed by atoms with E-state index in [1.165, 1.54) is 12.3 Å². The number of carbonyl (C=O) groups is 1. The first-order valence-electron chi connectivity index (χ1n) is 12.0. The van der Waals surface area contributed by atoms with Crippen LogP contribution in [0.2, 0.25) is 0 Å². The van der Waals surface area contributed by atoms with Gasteiger partial charge in [-0.15, -0.1) is 0 Å². The van der Waals surface area contributed by atoms with Crippen LogP contribution in [0.15, 0.2) is 47.1 Å². The standard InChI is InChI=1S/C26H27FN6O4/c1-13(2)22-16-10-19(18(27)11-21(16)37-33-22)30-26-29-12-17(25(36)28-7-8-34)24(32-26)31-23-15-6-4-3-5-14(15)9-20(23)35/h3-6,10-13,20,23,34-35H,7-9H2,1-2H3,(H,28,36)(H2,29,30,31,32)/t20-,23+/m1/s1. The van der Waals surface area contributed by atoms with Gasteiger partial charge >= 0.3 is 0 Å². The van der Waals surface area contributed by atoms with E-state index in [0.29, 0.717) is 23.1 Å². The minimum Gasteiger partial charge on any atom is -0.395 e. The molecule has 2 heterocycles. The first-order chi connectivity index (χ1) is 17.9. The molecular formula is C26H27FN6O4. The Kier molecular flexibility index (Phi) is 6.72. The van der Waals surface area contributed by atoms with Crippen LogP contribution in [0.3, 0.4) is 0 Å². The van der Waals surface area contributed by atoms with Crippen molar-refractivity contribution in [1.29, 1.82) is 0 Å². The number of aliphatic hydroxyl groups is 2. The van der Waals surface area contributed by atoms with Gasteiger partial charge in [-0.2, -0.15) is 4.98 Å². The normalized spacial score (nSPS) is 16.7. The van der Waals surface area contributed by atoms with Crippen LogP contribution >= 0.6 is 0 Å². The van der Waals surface area contributed by atoms with Gasteiger partial charge in [-0.3, -0.25) is 4.79 Å². The smallest absolute Gasteiger partial charge is 0.256 e. The highest BCUT2D eigenvalue weighted by molar-refractivity contribution is 5.98. The lowest BCUT2D eigenvalue weighted by atomic mass is 10.1. The number of anilines is 3. The number of carbonyl (C=O) groups excluding carboxylic acids is 1. The van der Waals surface area contributed by atoms with Crippen LogP contribution in [-0.4, -0.2) is 50.5 Å². The summed E-state index contributed by atoms with van der Waals surface area (Å²) < 4.78 is 20.1. The van der Waals surface area contributed by atoms with E-state index in [0.717, 1.165) is 11.1 Å². The third-order valence-corrected chi connectivity index (χ3v) is 6.31. The fourth-order valence-corrected chi connectivity index (χ4v) is 4.49. The number of halogens is 1. The number of amides is 1. The zero-order chi connectivity index (χ0) is 26.1. The predicted octanol–water partition coefficient (Wildman–Crippen LogP) is 3.42. The molecule has 0 spiro atoms. The van der Waals surface area contributed by atoms with E-state index >= 15 is 0 Å². The third-order valence-electron chi connectivity index (χ3n) is 6.31. The second-order valence-electron chi connectivity index (χ2n) is 9.20. The molecule has 192 valence electrons. The van der Waals surface area contributed by atoms with E-state index in [1.54, 1.807) is 6.07 Å². The second kappa shape index (κ2) is 10.1. The average molecular weight is 507 g/mol. The van der Waals surface area contributed by atoms with Crippen LogP contribution in [0.25, 0.3) is 11.0 Å². The maximum absolute atomic E-state index is 14.9. The minimum atomic E-state index is -0.736. The van der Waals surface area contributed by atoms with E-state index in [9.17, 15) is 14.3 Å².